The molecule has 144 valence electrons. The minimum atomic E-state index is -1.03. The molecule has 0 bridgehead atoms. The zero-order valence-electron chi connectivity index (χ0n) is 14.9. The van der Waals surface area contributed by atoms with Crippen LogP contribution in [0.2, 0.25) is 0 Å². The lowest BCUT2D eigenvalue weighted by atomic mass is 10.1. The minimum absolute atomic E-state index is 0.101. The van der Waals surface area contributed by atoms with Gasteiger partial charge in [-0.25, -0.2) is 14.5 Å². The molecule has 0 N–H and O–H groups in total. The zero-order valence-corrected chi connectivity index (χ0v) is 16.5. The van der Waals surface area contributed by atoms with Gasteiger partial charge in [0.05, 0.1) is 12.2 Å². The first-order valence-corrected chi connectivity index (χ1v) is 9.56. The van der Waals surface area contributed by atoms with E-state index in [1.54, 1.807) is 35.3 Å². The second kappa shape index (κ2) is 8.22. The van der Waals surface area contributed by atoms with Gasteiger partial charge in [-0.1, -0.05) is 46.3 Å². The van der Waals surface area contributed by atoms with Crippen molar-refractivity contribution in [1.82, 2.24) is 14.8 Å². The van der Waals surface area contributed by atoms with Crippen molar-refractivity contribution in [3.8, 4) is 0 Å². The Morgan fingerprint density at radius 3 is 2.71 bits per heavy atom. The van der Waals surface area contributed by atoms with Crippen LogP contribution in [-0.4, -0.2) is 40.1 Å². The number of hydrogen-bond donors (Lipinski definition) is 0. The fourth-order valence-corrected chi connectivity index (χ4v) is 3.29. The van der Waals surface area contributed by atoms with E-state index in [0.717, 1.165) is 10.0 Å². The molecule has 1 saturated heterocycles. The number of carbonyl (C=O) groups is 1. The molecule has 3 aromatic rings. The SMILES string of the molecule is O=C(OC[C@@H]1CO[C@@](Cn2cncn2)(c2ccc(Br)cc2)O1)c1ccccc1. The van der Waals surface area contributed by atoms with E-state index in [4.69, 9.17) is 14.2 Å². The lowest BCUT2D eigenvalue weighted by molar-refractivity contribution is -0.191. The van der Waals surface area contributed by atoms with Gasteiger partial charge in [0.2, 0.25) is 5.79 Å². The smallest absolute Gasteiger partial charge is 0.338 e. The Balaban J connectivity index is 1.47. The summed E-state index contributed by atoms with van der Waals surface area (Å²) in [5.74, 6) is -1.42. The van der Waals surface area contributed by atoms with Gasteiger partial charge in [-0.3, -0.25) is 0 Å². The molecule has 0 spiro atoms. The Labute approximate surface area is 170 Å². The monoisotopic (exact) mass is 443 g/mol. The molecule has 1 aromatic heterocycles. The minimum Gasteiger partial charge on any atom is -0.459 e. The first kappa shape index (κ1) is 18.8. The van der Waals surface area contributed by atoms with E-state index in [2.05, 4.69) is 26.0 Å². The Hall–Kier alpha value is -2.55. The molecule has 0 radical (unpaired) electrons. The van der Waals surface area contributed by atoms with E-state index >= 15 is 0 Å². The van der Waals surface area contributed by atoms with Crippen LogP contribution in [0.15, 0.2) is 71.7 Å². The molecular weight excluding hydrogens is 426 g/mol. The number of benzene rings is 2. The summed E-state index contributed by atoms with van der Waals surface area (Å²) in [5.41, 5.74) is 1.35. The zero-order chi connectivity index (χ0) is 19.4. The van der Waals surface area contributed by atoms with Crippen molar-refractivity contribution in [2.75, 3.05) is 13.2 Å². The standard InChI is InChI=1S/C20H18BrN3O4/c21-17-8-6-16(7-9-17)20(12-24-14-22-13-23-24)27-11-18(28-20)10-26-19(25)15-4-2-1-3-5-15/h1-9,13-14,18H,10-12H2/t18-,20-/m1/s1. The third-order valence-corrected chi connectivity index (χ3v) is 4.92. The van der Waals surface area contributed by atoms with Crippen LogP contribution in [0.3, 0.4) is 0 Å². The lowest BCUT2D eigenvalue weighted by Gasteiger charge is -2.28. The molecule has 2 aromatic carbocycles. The van der Waals surface area contributed by atoms with E-state index < -0.39 is 5.79 Å². The largest absolute Gasteiger partial charge is 0.459 e. The molecule has 28 heavy (non-hydrogen) atoms. The van der Waals surface area contributed by atoms with E-state index in [-0.39, 0.29) is 18.7 Å². The summed E-state index contributed by atoms with van der Waals surface area (Å²) >= 11 is 3.44. The van der Waals surface area contributed by atoms with Gasteiger partial charge in [0.25, 0.3) is 0 Å². The van der Waals surface area contributed by atoms with Gasteiger partial charge < -0.3 is 14.2 Å². The maximum atomic E-state index is 12.2. The number of carbonyl (C=O) groups excluding carboxylic acids is 1. The van der Waals surface area contributed by atoms with E-state index in [1.165, 1.54) is 6.33 Å². The Bertz CT molecular complexity index is 918. The van der Waals surface area contributed by atoms with Gasteiger partial charge in [0, 0.05) is 10.0 Å². The van der Waals surface area contributed by atoms with Gasteiger partial charge in [-0.15, -0.1) is 0 Å². The Kier molecular flexibility index (Phi) is 5.52. The normalized spacial score (nSPS) is 21.5. The molecule has 1 aliphatic heterocycles. The summed E-state index contributed by atoms with van der Waals surface area (Å²) in [6, 6.07) is 16.6. The van der Waals surface area contributed by atoms with Crippen molar-refractivity contribution in [2.24, 2.45) is 0 Å². The molecule has 0 unspecified atom stereocenters. The van der Waals surface area contributed by atoms with Crippen LogP contribution in [0.4, 0.5) is 0 Å². The summed E-state index contributed by atoms with van der Waals surface area (Å²) in [5, 5.41) is 4.16. The number of aromatic nitrogens is 3. The van der Waals surface area contributed by atoms with Gasteiger partial charge in [-0.2, -0.15) is 5.10 Å². The molecular formula is C20H18BrN3O4. The average molecular weight is 444 g/mol. The summed E-state index contributed by atoms with van der Waals surface area (Å²) in [6.45, 7) is 0.730. The van der Waals surface area contributed by atoms with Crippen molar-refractivity contribution < 1.29 is 19.0 Å². The number of ether oxygens (including phenoxy) is 3. The van der Waals surface area contributed by atoms with Crippen molar-refractivity contribution >= 4 is 21.9 Å². The molecule has 0 saturated carbocycles. The Morgan fingerprint density at radius 2 is 2.00 bits per heavy atom. The van der Waals surface area contributed by atoms with E-state index in [0.29, 0.717) is 18.7 Å². The van der Waals surface area contributed by atoms with Crippen molar-refractivity contribution in [2.45, 2.75) is 18.4 Å². The van der Waals surface area contributed by atoms with Gasteiger partial charge in [0.1, 0.15) is 31.9 Å². The maximum absolute atomic E-state index is 12.2. The lowest BCUT2D eigenvalue weighted by Crippen LogP contribution is -2.34. The van der Waals surface area contributed by atoms with Crippen LogP contribution in [-0.2, 0) is 26.5 Å². The molecule has 2 heterocycles. The summed E-state index contributed by atoms with van der Waals surface area (Å²) in [7, 11) is 0. The number of hydrogen-bond acceptors (Lipinski definition) is 6. The first-order valence-electron chi connectivity index (χ1n) is 8.77. The molecule has 1 aliphatic rings. The molecule has 8 heteroatoms. The molecule has 7 nitrogen and oxygen atoms in total. The van der Waals surface area contributed by atoms with Crippen molar-refractivity contribution in [3.05, 3.63) is 82.9 Å². The number of esters is 1. The van der Waals surface area contributed by atoms with Crippen LogP contribution in [0, 0.1) is 0 Å². The fraction of sp³-hybridized carbons (Fsp3) is 0.250. The van der Waals surface area contributed by atoms with Crippen LogP contribution in [0.25, 0.3) is 0 Å². The summed E-state index contributed by atoms with van der Waals surface area (Å²) < 4.78 is 20.3. The molecule has 0 aliphatic carbocycles. The van der Waals surface area contributed by atoms with Crippen LogP contribution in [0.5, 0.6) is 0 Å². The highest BCUT2D eigenvalue weighted by atomic mass is 79.9. The second-order valence-corrected chi connectivity index (χ2v) is 7.28. The molecule has 2 atom stereocenters. The van der Waals surface area contributed by atoms with Crippen molar-refractivity contribution in [1.29, 1.82) is 0 Å². The highest BCUT2D eigenvalue weighted by Crippen LogP contribution is 2.36. The highest BCUT2D eigenvalue weighted by molar-refractivity contribution is 9.10. The summed E-state index contributed by atoms with van der Waals surface area (Å²) in [6.07, 6.45) is 2.68. The number of halogens is 1. The quantitative estimate of drug-likeness (QED) is 0.544. The number of rotatable bonds is 6. The van der Waals surface area contributed by atoms with Gasteiger partial charge in [-0.05, 0) is 24.3 Å². The van der Waals surface area contributed by atoms with Crippen LogP contribution >= 0.6 is 15.9 Å². The third kappa shape index (κ3) is 4.14. The fourth-order valence-electron chi connectivity index (χ4n) is 3.03. The number of nitrogens with zero attached hydrogens (tertiary/aromatic N) is 3. The van der Waals surface area contributed by atoms with E-state index in [1.807, 2.05) is 30.3 Å². The van der Waals surface area contributed by atoms with Gasteiger partial charge in [0.15, 0.2) is 0 Å². The predicted molar refractivity (Wildman–Crippen MR) is 103 cm³/mol. The predicted octanol–water partition coefficient (Wildman–Crippen LogP) is 3.17. The Morgan fingerprint density at radius 1 is 1.21 bits per heavy atom. The van der Waals surface area contributed by atoms with Gasteiger partial charge >= 0.3 is 5.97 Å². The first-order chi connectivity index (χ1) is 13.6. The average Bonchev–Trinajstić information content (AvgIpc) is 3.38. The topological polar surface area (TPSA) is 75.5 Å². The van der Waals surface area contributed by atoms with Crippen LogP contribution < -0.4 is 0 Å². The molecule has 0 amide bonds. The molecule has 4 rings (SSSR count). The third-order valence-electron chi connectivity index (χ3n) is 4.39. The van der Waals surface area contributed by atoms with Crippen LogP contribution in [0.1, 0.15) is 15.9 Å². The van der Waals surface area contributed by atoms with E-state index in [9.17, 15) is 4.79 Å². The highest BCUT2D eigenvalue weighted by Gasteiger charge is 2.44. The molecule has 1 fully saturated rings. The maximum Gasteiger partial charge on any atom is 0.338 e. The summed E-state index contributed by atoms with van der Waals surface area (Å²) in [4.78, 5) is 16.2. The second-order valence-electron chi connectivity index (χ2n) is 6.37. The van der Waals surface area contributed by atoms with Crippen molar-refractivity contribution in [3.63, 3.8) is 0 Å².